The molecule has 0 aliphatic carbocycles. The summed E-state index contributed by atoms with van der Waals surface area (Å²) < 4.78 is 18.2. The summed E-state index contributed by atoms with van der Waals surface area (Å²) >= 11 is 0. The van der Waals surface area contributed by atoms with Crippen LogP contribution >= 0.6 is 0 Å². The molecule has 0 radical (unpaired) electrons. The van der Waals surface area contributed by atoms with Crippen molar-refractivity contribution in [2.24, 2.45) is 0 Å². The number of hydrogen-bond acceptors (Lipinski definition) is 2. The molecule has 2 aromatic rings. The van der Waals surface area contributed by atoms with Gasteiger partial charge in [0.1, 0.15) is 5.82 Å². The number of amides is 1. The summed E-state index contributed by atoms with van der Waals surface area (Å²) in [5.41, 5.74) is 2.46. The van der Waals surface area contributed by atoms with Gasteiger partial charge in [0.05, 0.1) is 13.0 Å². The summed E-state index contributed by atoms with van der Waals surface area (Å²) in [7, 11) is 0. The van der Waals surface area contributed by atoms with Crippen LogP contribution in [-0.2, 0) is 22.6 Å². The Balaban J connectivity index is 2.00. The highest BCUT2D eigenvalue weighted by Gasteiger charge is 2.07. The van der Waals surface area contributed by atoms with Gasteiger partial charge in [0, 0.05) is 17.9 Å². The lowest BCUT2D eigenvalue weighted by Crippen LogP contribution is -2.15. The van der Waals surface area contributed by atoms with E-state index in [1.165, 1.54) is 12.1 Å². The molecule has 0 aromatic heterocycles. The number of halogens is 1. The maximum atomic E-state index is 12.8. The summed E-state index contributed by atoms with van der Waals surface area (Å²) in [6.07, 6.45) is 0.212. The van der Waals surface area contributed by atoms with Crippen LogP contribution in [0.15, 0.2) is 48.5 Å². The number of benzene rings is 2. The quantitative estimate of drug-likeness (QED) is 0.882. The van der Waals surface area contributed by atoms with Crippen LogP contribution in [0.4, 0.5) is 10.1 Å². The number of para-hydroxylation sites is 1. The van der Waals surface area contributed by atoms with E-state index < -0.39 is 0 Å². The fourth-order valence-corrected chi connectivity index (χ4v) is 1.96. The minimum atomic E-state index is -0.304. The zero-order valence-corrected chi connectivity index (χ0v) is 11.9. The van der Waals surface area contributed by atoms with Gasteiger partial charge in [-0.15, -0.1) is 0 Å². The highest BCUT2D eigenvalue weighted by atomic mass is 19.1. The number of ether oxygens (including phenoxy) is 1. The fraction of sp³-hybridized carbons (Fsp3) is 0.235. The molecule has 0 saturated heterocycles. The molecule has 0 fully saturated rings. The van der Waals surface area contributed by atoms with Gasteiger partial charge in [-0.05, 0) is 30.7 Å². The third kappa shape index (κ3) is 4.68. The molecule has 21 heavy (non-hydrogen) atoms. The Hall–Kier alpha value is -2.20. The molecular weight excluding hydrogens is 269 g/mol. The van der Waals surface area contributed by atoms with Crippen molar-refractivity contribution in [1.29, 1.82) is 0 Å². The first-order valence-electron chi connectivity index (χ1n) is 6.89. The lowest BCUT2D eigenvalue weighted by Gasteiger charge is -2.11. The molecule has 1 amide bonds. The molecule has 2 rings (SSSR count). The Labute approximate surface area is 123 Å². The van der Waals surface area contributed by atoms with Crippen LogP contribution in [0.2, 0.25) is 0 Å². The second-order valence-electron chi connectivity index (χ2n) is 4.65. The Morgan fingerprint density at radius 3 is 2.57 bits per heavy atom. The van der Waals surface area contributed by atoms with Crippen molar-refractivity contribution in [2.75, 3.05) is 11.9 Å². The van der Waals surface area contributed by atoms with Crippen molar-refractivity contribution >= 4 is 11.6 Å². The van der Waals surface area contributed by atoms with Crippen molar-refractivity contribution in [1.82, 2.24) is 0 Å². The molecule has 0 atom stereocenters. The van der Waals surface area contributed by atoms with E-state index in [4.69, 9.17) is 4.74 Å². The van der Waals surface area contributed by atoms with Crippen molar-refractivity contribution < 1.29 is 13.9 Å². The van der Waals surface area contributed by atoms with Gasteiger partial charge in [-0.2, -0.15) is 0 Å². The van der Waals surface area contributed by atoms with Gasteiger partial charge in [0.15, 0.2) is 0 Å². The van der Waals surface area contributed by atoms with Gasteiger partial charge in [-0.1, -0.05) is 30.3 Å². The van der Waals surface area contributed by atoms with E-state index in [0.717, 1.165) is 16.8 Å². The van der Waals surface area contributed by atoms with Crippen LogP contribution in [0.25, 0.3) is 0 Å². The first-order chi connectivity index (χ1) is 10.2. The first-order valence-corrected chi connectivity index (χ1v) is 6.89. The van der Waals surface area contributed by atoms with Crippen LogP contribution in [0.5, 0.6) is 0 Å². The molecule has 2 aromatic carbocycles. The number of hydrogen-bond donors (Lipinski definition) is 1. The van der Waals surface area contributed by atoms with Crippen molar-refractivity contribution in [3.63, 3.8) is 0 Å². The zero-order valence-electron chi connectivity index (χ0n) is 11.9. The lowest BCUT2D eigenvalue weighted by molar-refractivity contribution is -0.115. The molecule has 1 N–H and O–H groups in total. The number of nitrogens with one attached hydrogen (secondary N) is 1. The third-order valence-electron chi connectivity index (χ3n) is 3.03. The highest BCUT2D eigenvalue weighted by molar-refractivity contribution is 5.92. The van der Waals surface area contributed by atoms with Crippen molar-refractivity contribution in [3.8, 4) is 0 Å². The summed E-state index contributed by atoms with van der Waals surface area (Å²) in [5.74, 6) is -0.438. The van der Waals surface area contributed by atoms with Crippen LogP contribution < -0.4 is 5.32 Å². The zero-order chi connectivity index (χ0) is 15.1. The monoisotopic (exact) mass is 287 g/mol. The number of carbonyl (C=O) groups is 1. The molecule has 110 valence electrons. The van der Waals surface area contributed by atoms with E-state index in [2.05, 4.69) is 5.32 Å². The normalized spacial score (nSPS) is 10.4. The summed E-state index contributed by atoms with van der Waals surface area (Å²) in [4.78, 5) is 12.0. The Morgan fingerprint density at radius 1 is 1.14 bits per heavy atom. The number of carbonyl (C=O) groups excluding carboxylic acids is 1. The predicted molar refractivity (Wildman–Crippen MR) is 80.5 cm³/mol. The average Bonchev–Trinajstić information content (AvgIpc) is 2.49. The van der Waals surface area contributed by atoms with Gasteiger partial charge in [0.2, 0.25) is 5.91 Å². The van der Waals surface area contributed by atoms with Gasteiger partial charge in [-0.25, -0.2) is 4.39 Å². The Morgan fingerprint density at radius 2 is 1.86 bits per heavy atom. The topological polar surface area (TPSA) is 38.3 Å². The van der Waals surface area contributed by atoms with Gasteiger partial charge in [0.25, 0.3) is 0 Å². The molecule has 0 unspecified atom stereocenters. The maximum Gasteiger partial charge on any atom is 0.228 e. The minimum absolute atomic E-state index is 0.134. The van der Waals surface area contributed by atoms with Gasteiger partial charge < -0.3 is 10.1 Å². The molecule has 0 bridgehead atoms. The van der Waals surface area contributed by atoms with Crippen LogP contribution in [0.1, 0.15) is 18.1 Å². The van der Waals surface area contributed by atoms with E-state index in [-0.39, 0.29) is 18.1 Å². The molecule has 0 heterocycles. The molecule has 0 aliphatic rings. The second-order valence-corrected chi connectivity index (χ2v) is 4.65. The van der Waals surface area contributed by atoms with E-state index in [9.17, 15) is 9.18 Å². The summed E-state index contributed by atoms with van der Waals surface area (Å²) in [6, 6.07) is 13.5. The van der Waals surface area contributed by atoms with E-state index in [0.29, 0.717) is 13.2 Å². The van der Waals surface area contributed by atoms with Crippen LogP contribution in [0.3, 0.4) is 0 Å². The van der Waals surface area contributed by atoms with Crippen LogP contribution in [-0.4, -0.2) is 12.5 Å². The smallest absolute Gasteiger partial charge is 0.228 e. The number of rotatable bonds is 6. The Kier molecular flexibility index (Phi) is 5.46. The maximum absolute atomic E-state index is 12.8. The third-order valence-corrected chi connectivity index (χ3v) is 3.03. The standard InChI is InChI=1S/C17H18FNO2/c1-2-21-12-14-5-3-4-6-16(14)19-17(20)11-13-7-9-15(18)10-8-13/h3-10H,2,11-12H2,1H3,(H,19,20). The van der Waals surface area contributed by atoms with E-state index in [1.54, 1.807) is 12.1 Å². The van der Waals surface area contributed by atoms with E-state index >= 15 is 0 Å². The minimum Gasteiger partial charge on any atom is -0.377 e. The molecule has 4 heteroatoms. The van der Waals surface area contributed by atoms with E-state index in [1.807, 2.05) is 31.2 Å². The SMILES string of the molecule is CCOCc1ccccc1NC(=O)Cc1ccc(F)cc1. The molecule has 0 spiro atoms. The number of anilines is 1. The Bertz CT molecular complexity index is 596. The lowest BCUT2D eigenvalue weighted by atomic mass is 10.1. The molecule has 3 nitrogen and oxygen atoms in total. The molecular formula is C17H18FNO2. The van der Waals surface area contributed by atoms with Gasteiger partial charge >= 0.3 is 0 Å². The fourth-order valence-electron chi connectivity index (χ4n) is 1.96. The largest absolute Gasteiger partial charge is 0.377 e. The average molecular weight is 287 g/mol. The van der Waals surface area contributed by atoms with Crippen LogP contribution in [0, 0.1) is 5.82 Å². The van der Waals surface area contributed by atoms with Crippen molar-refractivity contribution in [3.05, 3.63) is 65.5 Å². The molecule has 0 aliphatic heterocycles. The first kappa shape index (κ1) is 15.2. The summed E-state index contributed by atoms with van der Waals surface area (Å²) in [5, 5.41) is 2.87. The predicted octanol–water partition coefficient (Wildman–Crippen LogP) is 3.54. The molecule has 0 saturated carbocycles. The van der Waals surface area contributed by atoms with Crippen molar-refractivity contribution in [2.45, 2.75) is 20.0 Å². The second kappa shape index (κ2) is 7.55. The highest BCUT2D eigenvalue weighted by Crippen LogP contribution is 2.16. The van der Waals surface area contributed by atoms with Gasteiger partial charge in [-0.3, -0.25) is 4.79 Å². The summed E-state index contributed by atoms with van der Waals surface area (Å²) in [6.45, 7) is 3.01.